The summed E-state index contributed by atoms with van der Waals surface area (Å²) >= 11 is 0. The molecular weight excluding hydrogens is 350 g/mol. The summed E-state index contributed by atoms with van der Waals surface area (Å²) in [5.41, 5.74) is 6.99. The average Bonchev–Trinajstić information content (AvgIpc) is 2.80. The van der Waals surface area contributed by atoms with Crippen LogP contribution in [0.15, 0.2) is 109 Å². The van der Waals surface area contributed by atoms with Gasteiger partial charge in [-0.3, -0.25) is 0 Å². The number of fused-ring (bicyclic) bond motifs is 1. The van der Waals surface area contributed by atoms with Crippen LogP contribution < -0.4 is 4.57 Å². The van der Waals surface area contributed by atoms with Crippen LogP contribution in [-0.2, 0) is 11.0 Å². The van der Waals surface area contributed by atoms with E-state index in [1.807, 2.05) is 0 Å². The Morgan fingerprint density at radius 1 is 0.690 bits per heavy atom. The lowest BCUT2D eigenvalue weighted by molar-refractivity contribution is -0.769. The first kappa shape index (κ1) is 16.7. The average molecular weight is 375 g/mol. The van der Waals surface area contributed by atoms with Crippen molar-refractivity contribution in [2.45, 2.75) is 30.2 Å². The summed E-state index contributed by atoms with van der Waals surface area (Å²) < 4.78 is 2.53. The summed E-state index contributed by atoms with van der Waals surface area (Å²) in [5, 5.41) is 0. The second-order valence-electron chi connectivity index (χ2n) is 8.67. The lowest BCUT2D eigenvalue weighted by Crippen LogP contribution is -2.69. The molecule has 0 radical (unpaired) electrons. The Bertz CT molecular complexity index is 1110. The Kier molecular flexibility index (Phi) is 3.41. The Morgan fingerprint density at radius 2 is 1.28 bits per heavy atom. The molecule has 2 aliphatic heterocycles. The second-order valence-corrected chi connectivity index (χ2v) is 8.67. The van der Waals surface area contributed by atoms with Crippen molar-refractivity contribution in [1.29, 1.82) is 0 Å². The highest BCUT2D eigenvalue weighted by molar-refractivity contribution is 5.56. The summed E-state index contributed by atoms with van der Waals surface area (Å²) in [4.78, 5) is 0. The molecule has 1 nitrogen and oxygen atoms in total. The molecule has 1 aromatic heterocycles. The standard InChI is InChI=1S/C28H24N/c1-27-20-28(21-12-4-2-5-13-21,22-14-6-3-7-15-22)26(23-16-8-9-17-24(23)27)25-18-10-11-19-29(25)27/h2-19,26H,20H2,1H3/q+1. The Morgan fingerprint density at radius 3 is 1.97 bits per heavy atom. The predicted octanol–water partition coefficient (Wildman–Crippen LogP) is 5.57. The third-order valence-corrected chi connectivity index (χ3v) is 7.26. The zero-order valence-corrected chi connectivity index (χ0v) is 16.6. The van der Waals surface area contributed by atoms with Crippen molar-refractivity contribution in [2.24, 2.45) is 0 Å². The summed E-state index contributed by atoms with van der Waals surface area (Å²) in [6, 6.07) is 38.1. The maximum Gasteiger partial charge on any atom is 0.192 e. The molecule has 0 saturated carbocycles. The van der Waals surface area contributed by atoms with Crippen molar-refractivity contribution >= 4 is 0 Å². The van der Waals surface area contributed by atoms with Crippen LogP contribution in [0.25, 0.3) is 0 Å². The smallest absolute Gasteiger partial charge is 0.192 e. The van der Waals surface area contributed by atoms with E-state index in [0.717, 1.165) is 6.42 Å². The molecule has 0 fully saturated rings. The minimum Gasteiger partial charge on any atom is -0.192 e. The lowest BCUT2D eigenvalue weighted by atomic mass is 9.50. The first-order valence-corrected chi connectivity index (χ1v) is 10.5. The minimum atomic E-state index is -0.0903. The fourth-order valence-corrected chi connectivity index (χ4v) is 6.19. The van der Waals surface area contributed by atoms with E-state index in [4.69, 9.17) is 0 Å². The van der Waals surface area contributed by atoms with Crippen LogP contribution in [0.3, 0.4) is 0 Å². The van der Waals surface area contributed by atoms with E-state index in [1.165, 1.54) is 27.9 Å². The highest BCUT2D eigenvalue weighted by Crippen LogP contribution is 2.61. The topological polar surface area (TPSA) is 3.88 Å². The molecule has 7 rings (SSSR count). The predicted molar refractivity (Wildman–Crippen MR) is 116 cm³/mol. The maximum absolute atomic E-state index is 2.53. The molecule has 0 saturated heterocycles. The molecule has 0 spiro atoms. The van der Waals surface area contributed by atoms with E-state index >= 15 is 0 Å². The van der Waals surface area contributed by atoms with E-state index in [9.17, 15) is 0 Å². The number of hydrogen-bond donors (Lipinski definition) is 0. The highest BCUT2D eigenvalue weighted by atomic mass is 15.1. The maximum atomic E-state index is 2.53. The van der Waals surface area contributed by atoms with Gasteiger partial charge in [0.1, 0.15) is 0 Å². The lowest BCUT2D eigenvalue weighted by Gasteiger charge is -2.53. The molecule has 0 N–H and O–H groups in total. The third kappa shape index (κ3) is 2.08. The number of hydrogen-bond acceptors (Lipinski definition) is 0. The summed E-state index contributed by atoms with van der Waals surface area (Å²) in [6.07, 6.45) is 3.33. The fourth-order valence-electron chi connectivity index (χ4n) is 6.19. The number of aromatic nitrogens is 1. The van der Waals surface area contributed by atoms with Gasteiger partial charge in [-0.2, -0.15) is 4.57 Å². The van der Waals surface area contributed by atoms with E-state index in [1.54, 1.807) is 0 Å². The zero-order chi connectivity index (χ0) is 19.5. The normalized spacial score (nSPS) is 23.3. The van der Waals surface area contributed by atoms with E-state index in [2.05, 4.69) is 121 Å². The minimum absolute atomic E-state index is 0.0897. The van der Waals surface area contributed by atoms with Crippen molar-refractivity contribution in [3.05, 3.63) is 137 Å². The first-order valence-electron chi connectivity index (χ1n) is 10.5. The van der Waals surface area contributed by atoms with Gasteiger partial charge in [-0.15, -0.1) is 0 Å². The van der Waals surface area contributed by atoms with Crippen molar-refractivity contribution in [3.8, 4) is 0 Å². The summed E-state index contributed by atoms with van der Waals surface area (Å²) in [5.74, 6) is 0.284. The van der Waals surface area contributed by atoms with Gasteiger partial charge in [-0.05, 0) is 16.7 Å². The fraction of sp³-hybridized carbons (Fsp3) is 0.179. The third-order valence-electron chi connectivity index (χ3n) is 7.26. The van der Waals surface area contributed by atoms with Crippen LogP contribution in [0.1, 0.15) is 47.2 Å². The Balaban J connectivity index is 1.77. The van der Waals surface area contributed by atoms with Crippen LogP contribution in [0.5, 0.6) is 0 Å². The van der Waals surface area contributed by atoms with E-state index < -0.39 is 0 Å². The molecular formula is C28H24N+. The van der Waals surface area contributed by atoms with Crippen LogP contribution in [-0.4, -0.2) is 0 Å². The van der Waals surface area contributed by atoms with Gasteiger partial charge < -0.3 is 0 Å². The molecule has 2 unspecified atom stereocenters. The zero-order valence-electron chi connectivity index (χ0n) is 16.6. The van der Waals surface area contributed by atoms with Gasteiger partial charge in [0.2, 0.25) is 0 Å². The summed E-state index contributed by atoms with van der Waals surface area (Å²) in [7, 11) is 0. The van der Waals surface area contributed by atoms with Crippen molar-refractivity contribution < 1.29 is 4.57 Å². The second kappa shape index (κ2) is 5.90. The van der Waals surface area contributed by atoms with Gasteiger partial charge in [-0.1, -0.05) is 91.0 Å². The molecule has 140 valence electrons. The van der Waals surface area contributed by atoms with Gasteiger partial charge in [0.15, 0.2) is 17.4 Å². The van der Waals surface area contributed by atoms with Gasteiger partial charge in [0.25, 0.3) is 0 Å². The summed E-state index contributed by atoms with van der Waals surface area (Å²) in [6.45, 7) is 2.42. The van der Waals surface area contributed by atoms with E-state index in [0.29, 0.717) is 0 Å². The van der Waals surface area contributed by atoms with Gasteiger partial charge in [-0.25, -0.2) is 0 Å². The largest absolute Gasteiger partial charge is 0.192 e. The van der Waals surface area contributed by atoms with Crippen molar-refractivity contribution in [3.63, 3.8) is 0 Å². The van der Waals surface area contributed by atoms with Gasteiger partial charge in [0.05, 0.1) is 5.92 Å². The first-order chi connectivity index (χ1) is 14.2. The molecule has 4 aromatic rings. The SMILES string of the molecule is CC12CC(c3ccccc3)(c3ccccc3)C(c3ccccc31)c1cccc[n+]12. The number of benzene rings is 3. The Labute approximate surface area is 172 Å². The van der Waals surface area contributed by atoms with Crippen molar-refractivity contribution in [2.75, 3.05) is 0 Å². The molecule has 3 aliphatic rings. The monoisotopic (exact) mass is 374 g/mol. The van der Waals surface area contributed by atoms with Crippen LogP contribution in [0.2, 0.25) is 0 Å². The molecule has 3 heterocycles. The van der Waals surface area contributed by atoms with Gasteiger partial charge >= 0.3 is 0 Å². The van der Waals surface area contributed by atoms with Crippen LogP contribution >= 0.6 is 0 Å². The van der Waals surface area contributed by atoms with Gasteiger partial charge in [0, 0.05) is 36.5 Å². The molecule has 3 aromatic carbocycles. The Hall–Kier alpha value is -3.19. The molecule has 0 amide bonds. The van der Waals surface area contributed by atoms with Crippen molar-refractivity contribution in [1.82, 2.24) is 0 Å². The highest BCUT2D eigenvalue weighted by Gasteiger charge is 2.64. The number of nitrogens with zero attached hydrogens (tertiary/aromatic N) is 1. The van der Waals surface area contributed by atoms with Crippen LogP contribution in [0.4, 0.5) is 0 Å². The molecule has 2 atom stereocenters. The van der Waals surface area contributed by atoms with Crippen LogP contribution in [0, 0.1) is 0 Å². The quantitative estimate of drug-likeness (QED) is 0.404. The molecule has 29 heavy (non-hydrogen) atoms. The number of rotatable bonds is 2. The molecule has 2 bridgehead atoms. The van der Waals surface area contributed by atoms with E-state index in [-0.39, 0.29) is 16.9 Å². The molecule has 1 heteroatoms. The molecule has 1 aliphatic carbocycles. The number of pyridine rings is 1.